The van der Waals surface area contributed by atoms with Crippen LogP contribution in [0.15, 0.2) is 30.7 Å². The van der Waals surface area contributed by atoms with E-state index in [9.17, 15) is 18.0 Å². The van der Waals surface area contributed by atoms with E-state index in [2.05, 4.69) is 15.4 Å². The van der Waals surface area contributed by atoms with Crippen molar-refractivity contribution in [3.8, 4) is 0 Å². The Bertz CT molecular complexity index is 730. The van der Waals surface area contributed by atoms with Crippen molar-refractivity contribution < 1.29 is 22.7 Å². The van der Waals surface area contributed by atoms with E-state index in [1.807, 2.05) is 0 Å². The highest BCUT2D eigenvalue weighted by Gasteiger charge is 2.47. The predicted molar refractivity (Wildman–Crippen MR) is 78.5 cm³/mol. The lowest BCUT2D eigenvalue weighted by molar-refractivity contribution is -0.173. The van der Waals surface area contributed by atoms with E-state index in [1.165, 1.54) is 6.20 Å². The highest BCUT2D eigenvalue weighted by atomic mass is 19.4. The molecule has 1 aliphatic rings. The molecule has 0 amide bonds. The van der Waals surface area contributed by atoms with Crippen LogP contribution >= 0.6 is 0 Å². The molecule has 0 aromatic carbocycles. The van der Waals surface area contributed by atoms with Gasteiger partial charge in [0.1, 0.15) is 11.4 Å². The summed E-state index contributed by atoms with van der Waals surface area (Å²) in [6.07, 6.45) is -0.588. The smallest absolute Gasteiger partial charge is 0.410 e. The maximum absolute atomic E-state index is 13.4. The van der Waals surface area contributed by atoms with Crippen molar-refractivity contribution in [1.29, 1.82) is 0 Å². The molecule has 0 spiro atoms. The third kappa shape index (κ3) is 2.93. The van der Waals surface area contributed by atoms with Gasteiger partial charge in [-0.2, -0.15) is 18.3 Å². The molecule has 1 aliphatic heterocycles. The minimum absolute atomic E-state index is 0.0101. The number of alkyl halides is 3. The molecule has 0 aliphatic carbocycles. The summed E-state index contributed by atoms with van der Waals surface area (Å²) >= 11 is 0. The first-order valence-electron chi connectivity index (χ1n) is 7.39. The van der Waals surface area contributed by atoms with Crippen molar-refractivity contribution in [1.82, 2.24) is 14.8 Å². The Morgan fingerprint density at radius 3 is 2.88 bits per heavy atom. The molecule has 2 aromatic rings. The van der Waals surface area contributed by atoms with Crippen LogP contribution in [-0.4, -0.2) is 33.5 Å². The fourth-order valence-corrected chi connectivity index (χ4v) is 2.72. The van der Waals surface area contributed by atoms with Crippen LogP contribution in [0.3, 0.4) is 0 Å². The third-order valence-corrected chi connectivity index (χ3v) is 3.82. The fourth-order valence-electron chi connectivity index (χ4n) is 2.72. The molecule has 0 fully saturated rings. The van der Waals surface area contributed by atoms with Crippen LogP contribution in [0.1, 0.15) is 41.3 Å². The first kappa shape index (κ1) is 16.3. The summed E-state index contributed by atoms with van der Waals surface area (Å²) < 4.78 is 46.0. The zero-order chi connectivity index (χ0) is 17.3. The van der Waals surface area contributed by atoms with Crippen LogP contribution in [0, 0.1) is 0 Å². The minimum atomic E-state index is -4.49. The van der Waals surface area contributed by atoms with E-state index < -0.39 is 24.2 Å². The standard InChI is InChI=1S/C15H15F3N4O2/c1-2-24-14(23)10-8-20-22-12(15(16,17)18)6-11(21-13(10)22)9-4-3-5-19-7-9/h3-5,7-8,11-12,21H,2,6H2,1H3. The Morgan fingerprint density at radius 2 is 2.25 bits per heavy atom. The van der Waals surface area contributed by atoms with E-state index >= 15 is 0 Å². The van der Waals surface area contributed by atoms with Crippen molar-refractivity contribution in [3.63, 3.8) is 0 Å². The summed E-state index contributed by atoms with van der Waals surface area (Å²) in [5, 5.41) is 6.72. The van der Waals surface area contributed by atoms with Gasteiger partial charge in [-0.1, -0.05) is 6.07 Å². The minimum Gasteiger partial charge on any atom is -0.462 e. The van der Waals surface area contributed by atoms with Crippen molar-refractivity contribution in [2.45, 2.75) is 31.6 Å². The Labute approximate surface area is 135 Å². The summed E-state index contributed by atoms with van der Waals surface area (Å²) in [7, 11) is 0. The van der Waals surface area contributed by atoms with E-state index in [-0.39, 0.29) is 24.4 Å². The first-order valence-corrected chi connectivity index (χ1v) is 7.39. The number of rotatable bonds is 3. The van der Waals surface area contributed by atoms with Gasteiger partial charge in [-0.05, 0) is 18.6 Å². The van der Waals surface area contributed by atoms with Gasteiger partial charge >= 0.3 is 12.1 Å². The Balaban J connectivity index is 2.03. The van der Waals surface area contributed by atoms with Crippen LogP contribution in [0.25, 0.3) is 0 Å². The third-order valence-electron chi connectivity index (χ3n) is 3.82. The Kier molecular flexibility index (Phi) is 4.16. The number of aromatic nitrogens is 3. The Hall–Kier alpha value is -2.58. The largest absolute Gasteiger partial charge is 0.462 e. The molecule has 24 heavy (non-hydrogen) atoms. The number of anilines is 1. The topological polar surface area (TPSA) is 69.0 Å². The average molecular weight is 340 g/mol. The lowest BCUT2D eigenvalue weighted by atomic mass is 9.98. The van der Waals surface area contributed by atoms with Crippen LogP contribution in [-0.2, 0) is 4.74 Å². The van der Waals surface area contributed by atoms with Gasteiger partial charge in [-0.3, -0.25) is 4.98 Å². The van der Waals surface area contributed by atoms with E-state index in [4.69, 9.17) is 4.74 Å². The van der Waals surface area contributed by atoms with Crippen molar-refractivity contribution in [2.75, 3.05) is 11.9 Å². The number of nitrogens with zero attached hydrogens (tertiary/aromatic N) is 3. The molecule has 1 N–H and O–H groups in total. The highest BCUT2D eigenvalue weighted by Crippen LogP contribution is 2.44. The van der Waals surface area contributed by atoms with Crippen LogP contribution in [0.5, 0.6) is 0 Å². The van der Waals surface area contributed by atoms with Crippen molar-refractivity contribution >= 4 is 11.8 Å². The van der Waals surface area contributed by atoms with Gasteiger partial charge in [0.15, 0.2) is 6.04 Å². The molecule has 0 bridgehead atoms. The van der Waals surface area contributed by atoms with Crippen molar-refractivity contribution in [2.24, 2.45) is 0 Å². The number of ether oxygens (including phenoxy) is 1. The van der Waals surface area contributed by atoms with Crippen LogP contribution in [0.4, 0.5) is 19.0 Å². The molecule has 0 saturated carbocycles. The number of carbonyl (C=O) groups is 1. The molecule has 3 rings (SSSR count). The lowest BCUT2D eigenvalue weighted by Crippen LogP contribution is -2.36. The summed E-state index contributed by atoms with van der Waals surface area (Å²) in [6.45, 7) is 1.75. The quantitative estimate of drug-likeness (QED) is 0.870. The molecule has 0 saturated heterocycles. The molecule has 3 heterocycles. The van der Waals surface area contributed by atoms with Gasteiger partial charge in [-0.15, -0.1) is 0 Å². The number of hydrogen-bond acceptors (Lipinski definition) is 5. The summed E-state index contributed by atoms with van der Waals surface area (Å²) in [6, 6.07) is 0.871. The molecule has 0 radical (unpaired) electrons. The second-order valence-corrected chi connectivity index (χ2v) is 5.35. The Morgan fingerprint density at radius 1 is 1.46 bits per heavy atom. The summed E-state index contributed by atoms with van der Waals surface area (Å²) in [5.41, 5.74) is 0.591. The molecule has 2 unspecified atom stereocenters. The zero-order valence-corrected chi connectivity index (χ0v) is 12.7. The van der Waals surface area contributed by atoms with Gasteiger partial charge in [0.2, 0.25) is 0 Å². The van der Waals surface area contributed by atoms with Crippen LogP contribution in [0.2, 0.25) is 0 Å². The second kappa shape index (κ2) is 6.14. The molecule has 2 aromatic heterocycles. The van der Waals surface area contributed by atoms with Gasteiger partial charge in [0.05, 0.1) is 18.8 Å². The second-order valence-electron chi connectivity index (χ2n) is 5.35. The van der Waals surface area contributed by atoms with E-state index in [0.29, 0.717) is 5.56 Å². The number of pyridine rings is 1. The highest BCUT2D eigenvalue weighted by molar-refractivity contribution is 5.94. The molecular weight excluding hydrogens is 325 g/mol. The maximum atomic E-state index is 13.4. The summed E-state index contributed by atoms with van der Waals surface area (Å²) in [4.78, 5) is 15.9. The molecule has 2 atom stereocenters. The normalized spacial score (nSPS) is 20.2. The van der Waals surface area contributed by atoms with Crippen LogP contribution < -0.4 is 5.32 Å². The van der Waals surface area contributed by atoms with Gasteiger partial charge in [-0.25, -0.2) is 9.48 Å². The summed E-state index contributed by atoms with van der Waals surface area (Å²) in [5.74, 6) is -0.699. The number of halogens is 3. The average Bonchev–Trinajstić information content (AvgIpc) is 2.98. The number of fused-ring (bicyclic) bond motifs is 1. The number of carbonyl (C=O) groups excluding carboxylic acids is 1. The first-order chi connectivity index (χ1) is 11.4. The number of esters is 1. The van der Waals surface area contributed by atoms with E-state index in [0.717, 1.165) is 10.9 Å². The number of nitrogens with one attached hydrogen (secondary N) is 1. The SMILES string of the molecule is CCOC(=O)c1cnn2c1NC(c1cccnc1)CC2C(F)(F)F. The zero-order valence-electron chi connectivity index (χ0n) is 12.7. The lowest BCUT2D eigenvalue weighted by Gasteiger charge is -2.33. The monoisotopic (exact) mass is 340 g/mol. The van der Waals surface area contributed by atoms with Gasteiger partial charge < -0.3 is 10.1 Å². The van der Waals surface area contributed by atoms with Gasteiger partial charge in [0.25, 0.3) is 0 Å². The predicted octanol–water partition coefficient (Wildman–Crippen LogP) is 3.12. The van der Waals surface area contributed by atoms with Crippen molar-refractivity contribution in [3.05, 3.63) is 41.9 Å². The molecule has 9 heteroatoms. The van der Waals surface area contributed by atoms with Gasteiger partial charge in [0, 0.05) is 18.8 Å². The fraction of sp³-hybridized carbons (Fsp3) is 0.400. The maximum Gasteiger partial charge on any atom is 0.410 e. The molecular formula is C15H15F3N4O2. The van der Waals surface area contributed by atoms with E-state index in [1.54, 1.807) is 25.3 Å². The number of hydrogen-bond donors (Lipinski definition) is 1. The molecule has 128 valence electrons. The molecule has 6 nitrogen and oxygen atoms in total.